The molecule has 0 saturated carbocycles. The lowest BCUT2D eigenvalue weighted by Crippen LogP contribution is -2.35. The molecule has 6 nitrogen and oxygen atoms in total. The zero-order valence-corrected chi connectivity index (χ0v) is 16.0. The largest absolute Gasteiger partial charge is 0.497 e. The SMILES string of the molecule is COc1ccc(C(O)CNC(=O)C2CC(=O)N(CCc3ccccc3)C2)cc1. The Morgan fingerprint density at radius 2 is 1.93 bits per heavy atom. The zero-order valence-electron chi connectivity index (χ0n) is 16.0. The van der Waals surface area contributed by atoms with Gasteiger partial charge in [-0.05, 0) is 29.7 Å². The number of methoxy groups -OCH3 is 1. The molecule has 0 radical (unpaired) electrons. The van der Waals surface area contributed by atoms with Gasteiger partial charge in [-0.3, -0.25) is 9.59 Å². The Labute approximate surface area is 165 Å². The average molecular weight is 382 g/mol. The van der Waals surface area contributed by atoms with Gasteiger partial charge in [0.05, 0.1) is 19.1 Å². The number of amides is 2. The van der Waals surface area contributed by atoms with E-state index < -0.39 is 6.10 Å². The number of rotatable bonds is 8. The van der Waals surface area contributed by atoms with Gasteiger partial charge >= 0.3 is 0 Å². The summed E-state index contributed by atoms with van der Waals surface area (Å²) in [5.74, 6) is 0.154. The molecule has 1 heterocycles. The number of nitrogens with zero attached hydrogens (tertiary/aromatic N) is 1. The van der Waals surface area contributed by atoms with Crippen LogP contribution in [0.5, 0.6) is 5.75 Å². The number of aliphatic hydroxyl groups is 1. The summed E-state index contributed by atoms with van der Waals surface area (Å²) in [6.45, 7) is 1.15. The van der Waals surface area contributed by atoms with E-state index >= 15 is 0 Å². The van der Waals surface area contributed by atoms with E-state index in [4.69, 9.17) is 4.74 Å². The molecule has 2 aromatic rings. The number of aliphatic hydroxyl groups excluding tert-OH is 1. The minimum Gasteiger partial charge on any atom is -0.497 e. The summed E-state index contributed by atoms with van der Waals surface area (Å²) in [5, 5.41) is 13.0. The lowest BCUT2D eigenvalue weighted by Gasteiger charge is -2.17. The van der Waals surface area contributed by atoms with Gasteiger partial charge in [-0.1, -0.05) is 42.5 Å². The van der Waals surface area contributed by atoms with Gasteiger partial charge in [0.2, 0.25) is 11.8 Å². The van der Waals surface area contributed by atoms with Crippen molar-refractivity contribution >= 4 is 11.8 Å². The second kappa shape index (κ2) is 9.37. The summed E-state index contributed by atoms with van der Waals surface area (Å²) in [6.07, 6.45) is 0.192. The van der Waals surface area contributed by atoms with Gasteiger partial charge in [-0.15, -0.1) is 0 Å². The first-order valence-electron chi connectivity index (χ1n) is 9.48. The van der Waals surface area contributed by atoms with Gasteiger partial charge in [0.25, 0.3) is 0 Å². The number of likely N-dealkylation sites (tertiary alicyclic amines) is 1. The van der Waals surface area contributed by atoms with E-state index in [1.165, 1.54) is 5.56 Å². The van der Waals surface area contributed by atoms with Crippen molar-refractivity contribution in [1.82, 2.24) is 10.2 Å². The van der Waals surface area contributed by atoms with Gasteiger partial charge in [0.15, 0.2) is 0 Å². The highest BCUT2D eigenvalue weighted by atomic mass is 16.5. The first-order valence-corrected chi connectivity index (χ1v) is 9.48. The van der Waals surface area contributed by atoms with Crippen molar-refractivity contribution in [3.63, 3.8) is 0 Å². The molecule has 2 amide bonds. The number of carbonyl (C=O) groups is 2. The molecule has 2 atom stereocenters. The highest BCUT2D eigenvalue weighted by Crippen LogP contribution is 2.20. The van der Waals surface area contributed by atoms with E-state index in [0.29, 0.717) is 24.4 Å². The van der Waals surface area contributed by atoms with Gasteiger partial charge in [-0.2, -0.15) is 0 Å². The van der Waals surface area contributed by atoms with Gasteiger partial charge in [-0.25, -0.2) is 0 Å². The van der Waals surface area contributed by atoms with E-state index in [1.54, 1.807) is 36.3 Å². The smallest absolute Gasteiger partial charge is 0.225 e. The normalized spacial score (nSPS) is 17.4. The quantitative estimate of drug-likeness (QED) is 0.731. The number of ether oxygens (including phenoxy) is 1. The summed E-state index contributed by atoms with van der Waals surface area (Å²) < 4.78 is 5.09. The zero-order chi connectivity index (χ0) is 19.9. The fourth-order valence-electron chi connectivity index (χ4n) is 3.36. The second-order valence-corrected chi connectivity index (χ2v) is 7.01. The van der Waals surface area contributed by atoms with Crippen molar-refractivity contribution in [1.29, 1.82) is 0 Å². The van der Waals surface area contributed by atoms with Crippen LogP contribution in [0.1, 0.15) is 23.7 Å². The molecule has 0 spiro atoms. The topological polar surface area (TPSA) is 78.9 Å². The molecule has 148 valence electrons. The van der Waals surface area contributed by atoms with Gasteiger partial charge in [0.1, 0.15) is 5.75 Å². The molecule has 2 unspecified atom stereocenters. The molecule has 1 aliphatic heterocycles. The van der Waals surface area contributed by atoms with E-state index in [2.05, 4.69) is 5.32 Å². The van der Waals surface area contributed by atoms with E-state index in [9.17, 15) is 14.7 Å². The van der Waals surface area contributed by atoms with Crippen LogP contribution in [-0.4, -0.2) is 48.6 Å². The molecule has 2 N–H and O–H groups in total. The van der Waals surface area contributed by atoms with Crippen LogP contribution in [-0.2, 0) is 16.0 Å². The maximum Gasteiger partial charge on any atom is 0.225 e. The van der Waals surface area contributed by atoms with Crippen molar-refractivity contribution in [3.8, 4) is 5.75 Å². The molecular weight excluding hydrogens is 356 g/mol. The third-order valence-electron chi connectivity index (χ3n) is 5.07. The monoisotopic (exact) mass is 382 g/mol. The van der Waals surface area contributed by atoms with Crippen molar-refractivity contribution in [2.75, 3.05) is 26.7 Å². The molecule has 1 saturated heterocycles. The van der Waals surface area contributed by atoms with Crippen molar-refractivity contribution in [2.45, 2.75) is 18.9 Å². The fourth-order valence-corrected chi connectivity index (χ4v) is 3.36. The number of hydrogen-bond donors (Lipinski definition) is 2. The Morgan fingerprint density at radius 1 is 1.21 bits per heavy atom. The Morgan fingerprint density at radius 3 is 2.61 bits per heavy atom. The minimum absolute atomic E-state index is 0.00628. The highest BCUT2D eigenvalue weighted by molar-refractivity contribution is 5.89. The Kier molecular flexibility index (Phi) is 6.66. The third-order valence-corrected chi connectivity index (χ3v) is 5.07. The third kappa shape index (κ3) is 5.10. The van der Waals surface area contributed by atoms with Gasteiger partial charge < -0.3 is 20.1 Å². The highest BCUT2D eigenvalue weighted by Gasteiger charge is 2.34. The molecule has 28 heavy (non-hydrogen) atoms. The first-order chi connectivity index (χ1) is 13.6. The number of hydrogen-bond acceptors (Lipinski definition) is 4. The predicted octanol–water partition coefficient (Wildman–Crippen LogP) is 1.94. The van der Waals surface area contributed by atoms with Crippen molar-refractivity contribution in [2.24, 2.45) is 5.92 Å². The van der Waals surface area contributed by atoms with Crippen molar-refractivity contribution < 1.29 is 19.4 Å². The van der Waals surface area contributed by atoms with E-state index in [-0.39, 0.29) is 30.7 Å². The van der Waals surface area contributed by atoms with E-state index in [1.807, 2.05) is 30.3 Å². The summed E-state index contributed by atoms with van der Waals surface area (Å²) in [7, 11) is 1.58. The molecule has 6 heteroatoms. The lowest BCUT2D eigenvalue weighted by molar-refractivity contribution is -0.129. The minimum atomic E-state index is -0.804. The number of carbonyl (C=O) groups excluding carboxylic acids is 2. The van der Waals surface area contributed by atoms with Crippen LogP contribution < -0.4 is 10.1 Å². The maximum absolute atomic E-state index is 12.4. The second-order valence-electron chi connectivity index (χ2n) is 7.01. The number of benzene rings is 2. The summed E-state index contributed by atoms with van der Waals surface area (Å²) in [6, 6.07) is 17.0. The lowest BCUT2D eigenvalue weighted by atomic mass is 10.1. The van der Waals surface area contributed by atoms with Crippen LogP contribution in [0.4, 0.5) is 0 Å². The van der Waals surface area contributed by atoms with Gasteiger partial charge in [0, 0.05) is 26.1 Å². The first kappa shape index (κ1) is 19.9. The summed E-state index contributed by atoms with van der Waals surface area (Å²) in [5.41, 5.74) is 1.87. The molecule has 0 aliphatic carbocycles. The molecule has 0 bridgehead atoms. The standard InChI is InChI=1S/C22H26N2O4/c1-28-19-9-7-17(8-10-19)20(25)14-23-22(27)18-13-21(26)24(15-18)12-11-16-5-3-2-4-6-16/h2-10,18,20,25H,11-15H2,1H3,(H,23,27). The predicted molar refractivity (Wildman–Crippen MR) is 106 cm³/mol. The average Bonchev–Trinajstić information content (AvgIpc) is 3.11. The Bertz CT molecular complexity index is 792. The van der Waals surface area contributed by atoms with Crippen molar-refractivity contribution in [3.05, 3.63) is 65.7 Å². The van der Waals surface area contributed by atoms with E-state index in [0.717, 1.165) is 6.42 Å². The van der Waals surface area contributed by atoms with Crippen LogP contribution in [0, 0.1) is 5.92 Å². The number of nitrogens with one attached hydrogen (secondary N) is 1. The Hall–Kier alpha value is -2.86. The van der Waals surface area contributed by atoms with Crippen LogP contribution in [0.2, 0.25) is 0 Å². The maximum atomic E-state index is 12.4. The molecule has 3 rings (SSSR count). The molecule has 1 aliphatic rings. The Balaban J connectivity index is 1.46. The fraction of sp³-hybridized carbons (Fsp3) is 0.364. The summed E-state index contributed by atoms with van der Waals surface area (Å²) in [4.78, 5) is 26.4. The molecule has 1 fully saturated rings. The van der Waals surface area contributed by atoms with Crippen LogP contribution in [0.25, 0.3) is 0 Å². The molecule has 0 aromatic heterocycles. The van der Waals surface area contributed by atoms with Crippen LogP contribution in [0.3, 0.4) is 0 Å². The van der Waals surface area contributed by atoms with Crippen LogP contribution in [0.15, 0.2) is 54.6 Å². The molecular formula is C22H26N2O4. The summed E-state index contributed by atoms with van der Waals surface area (Å²) >= 11 is 0. The van der Waals surface area contributed by atoms with Crippen LogP contribution >= 0.6 is 0 Å². The molecule has 2 aromatic carbocycles.